The second kappa shape index (κ2) is 5.38. The van der Waals surface area contributed by atoms with Crippen LogP contribution >= 0.6 is 11.6 Å². The number of halogens is 1. The number of hydrogen-bond acceptors (Lipinski definition) is 1. The summed E-state index contributed by atoms with van der Waals surface area (Å²) in [6, 6.07) is 10.3. The zero-order valence-electron chi connectivity index (χ0n) is 8.67. The molecule has 78 valence electrons. The van der Waals surface area contributed by atoms with Gasteiger partial charge in [-0.25, -0.2) is 0 Å². The molecule has 0 aliphatic carbocycles. The fourth-order valence-electron chi connectivity index (χ4n) is 1.61. The fraction of sp³-hybridized carbons (Fsp3) is 0.500. The molecular weight excluding hydrogens is 194 g/mol. The van der Waals surface area contributed by atoms with Gasteiger partial charge in [-0.1, -0.05) is 37.3 Å². The summed E-state index contributed by atoms with van der Waals surface area (Å²) in [6.07, 6.45) is 2.74. The molecule has 1 atom stereocenters. The molecule has 0 aliphatic rings. The molecule has 0 spiro atoms. The van der Waals surface area contributed by atoms with E-state index in [1.165, 1.54) is 5.56 Å². The van der Waals surface area contributed by atoms with Crippen molar-refractivity contribution in [3.8, 4) is 0 Å². The largest absolute Gasteiger partial charge is 0.330 e. The molecule has 0 saturated carbocycles. The molecule has 1 nitrogen and oxygen atoms in total. The Balaban J connectivity index is 2.65. The third-order valence-electron chi connectivity index (χ3n) is 2.59. The summed E-state index contributed by atoms with van der Waals surface area (Å²) in [4.78, 5) is -0.157. The third-order valence-corrected chi connectivity index (χ3v) is 3.18. The molecule has 1 aromatic carbocycles. The molecule has 0 saturated heterocycles. The molecule has 1 aromatic rings. The SMILES string of the molecule is CCC(Cl)(CCN)Cc1ccccc1. The van der Waals surface area contributed by atoms with E-state index in [-0.39, 0.29) is 4.87 Å². The van der Waals surface area contributed by atoms with Crippen LogP contribution < -0.4 is 5.73 Å². The molecule has 0 fully saturated rings. The molecule has 0 amide bonds. The van der Waals surface area contributed by atoms with Crippen molar-refractivity contribution in [2.24, 2.45) is 5.73 Å². The summed E-state index contributed by atoms with van der Waals surface area (Å²) in [6.45, 7) is 2.77. The molecule has 0 bridgehead atoms. The summed E-state index contributed by atoms with van der Waals surface area (Å²) in [5, 5.41) is 0. The second-order valence-electron chi connectivity index (χ2n) is 3.71. The average molecular weight is 212 g/mol. The Morgan fingerprint density at radius 1 is 1.29 bits per heavy atom. The third kappa shape index (κ3) is 3.32. The zero-order valence-corrected chi connectivity index (χ0v) is 9.43. The molecule has 2 heteroatoms. The number of alkyl halides is 1. The van der Waals surface area contributed by atoms with Gasteiger partial charge in [-0.2, -0.15) is 0 Å². The summed E-state index contributed by atoms with van der Waals surface area (Å²) < 4.78 is 0. The quantitative estimate of drug-likeness (QED) is 0.745. The maximum atomic E-state index is 6.48. The highest BCUT2D eigenvalue weighted by molar-refractivity contribution is 6.24. The van der Waals surface area contributed by atoms with Crippen LogP contribution in [-0.2, 0) is 6.42 Å². The number of hydrogen-bond donors (Lipinski definition) is 1. The summed E-state index contributed by atoms with van der Waals surface area (Å²) in [5.41, 5.74) is 6.85. The summed E-state index contributed by atoms with van der Waals surface area (Å²) >= 11 is 6.48. The highest BCUT2D eigenvalue weighted by Gasteiger charge is 2.24. The minimum Gasteiger partial charge on any atom is -0.330 e. The van der Waals surface area contributed by atoms with Gasteiger partial charge in [0.1, 0.15) is 0 Å². The van der Waals surface area contributed by atoms with Crippen LogP contribution in [0.2, 0.25) is 0 Å². The van der Waals surface area contributed by atoms with Crippen molar-refractivity contribution in [2.75, 3.05) is 6.54 Å². The van der Waals surface area contributed by atoms with Crippen molar-refractivity contribution in [3.63, 3.8) is 0 Å². The molecule has 0 radical (unpaired) electrons. The van der Waals surface area contributed by atoms with Crippen LogP contribution in [0.4, 0.5) is 0 Å². The van der Waals surface area contributed by atoms with E-state index in [0.29, 0.717) is 6.54 Å². The molecule has 0 heterocycles. The first-order valence-electron chi connectivity index (χ1n) is 5.13. The normalized spacial score (nSPS) is 15.1. The van der Waals surface area contributed by atoms with Gasteiger partial charge in [0.15, 0.2) is 0 Å². The first-order valence-corrected chi connectivity index (χ1v) is 5.51. The molecule has 2 N–H and O–H groups in total. The lowest BCUT2D eigenvalue weighted by molar-refractivity contribution is 0.515. The Morgan fingerprint density at radius 2 is 1.93 bits per heavy atom. The van der Waals surface area contributed by atoms with Crippen LogP contribution in [-0.4, -0.2) is 11.4 Å². The van der Waals surface area contributed by atoms with Crippen LogP contribution in [0.5, 0.6) is 0 Å². The van der Waals surface area contributed by atoms with E-state index in [1.807, 2.05) is 18.2 Å². The van der Waals surface area contributed by atoms with Gasteiger partial charge < -0.3 is 5.73 Å². The fourth-order valence-corrected chi connectivity index (χ4v) is 1.87. The summed E-state index contributed by atoms with van der Waals surface area (Å²) in [5.74, 6) is 0. The Bertz CT molecular complexity index is 260. The van der Waals surface area contributed by atoms with Gasteiger partial charge in [-0.15, -0.1) is 11.6 Å². The second-order valence-corrected chi connectivity index (χ2v) is 4.51. The van der Waals surface area contributed by atoms with Crippen molar-refractivity contribution < 1.29 is 0 Å². The molecule has 1 unspecified atom stereocenters. The van der Waals surface area contributed by atoms with E-state index in [1.54, 1.807) is 0 Å². The van der Waals surface area contributed by atoms with Crippen LogP contribution in [0.1, 0.15) is 25.3 Å². The van der Waals surface area contributed by atoms with Gasteiger partial charge in [-0.05, 0) is 31.4 Å². The van der Waals surface area contributed by atoms with E-state index < -0.39 is 0 Å². The van der Waals surface area contributed by atoms with Crippen LogP contribution in [0.3, 0.4) is 0 Å². The van der Waals surface area contributed by atoms with Gasteiger partial charge in [0.05, 0.1) is 0 Å². The van der Waals surface area contributed by atoms with Crippen LogP contribution in [0, 0.1) is 0 Å². The van der Waals surface area contributed by atoms with Crippen molar-refractivity contribution in [1.82, 2.24) is 0 Å². The lowest BCUT2D eigenvalue weighted by Crippen LogP contribution is -2.27. The lowest BCUT2D eigenvalue weighted by atomic mass is 9.93. The maximum absolute atomic E-state index is 6.48. The van der Waals surface area contributed by atoms with Crippen molar-refractivity contribution in [1.29, 1.82) is 0 Å². The molecule has 0 aliphatic heterocycles. The van der Waals surface area contributed by atoms with E-state index in [4.69, 9.17) is 17.3 Å². The number of benzene rings is 1. The Morgan fingerprint density at radius 3 is 2.43 bits per heavy atom. The first-order chi connectivity index (χ1) is 6.70. The van der Waals surface area contributed by atoms with Crippen LogP contribution in [0.15, 0.2) is 30.3 Å². The van der Waals surface area contributed by atoms with E-state index in [0.717, 1.165) is 19.3 Å². The van der Waals surface area contributed by atoms with Crippen LogP contribution in [0.25, 0.3) is 0 Å². The zero-order chi connectivity index (χ0) is 10.4. The van der Waals surface area contributed by atoms with Gasteiger partial charge in [0.25, 0.3) is 0 Å². The first kappa shape index (κ1) is 11.5. The Kier molecular flexibility index (Phi) is 4.43. The Labute approximate surface area is 91.3 Å². The van der Waals surface area contributed by atoms with Crippen molar-refractivity contribution in [3.05, 3.63) is 35.9 Å². The lowest BCUT2D eigenvalue weighted by Gasteiger charge is -2.25. The monoisotopic (exact) mass is 211 g/mol. The van der Waals surface area contributed by atoms with Gasteiger partial charge in [0.2, 0.25) is 0 Å². The minimum atomic E-state index is -0.157. The van der Waals surface area contributed by atoms with Gasteiger partial charge in [-0.3, -0.25) is 0 Å². The van der Waals surface area contributed by atoms with E-state index in [9.17, 15) is 0 Å². The molecule has 14 heavy (non-hydrogen) atoms. The molecular formula is C12H18ClN. The van der Waals surface area contributed by atoms with E-state index in [2.05, 4.69) is 19.1 Å². The Hall–Kier alpha value is -0.530. The highest BCUT2D eigenvalue weighted by atomic mass is 35.5. The predicted octanol–water partition coefficient (Wildman–Crippen LogP) is 2.97. The number of rotatable bonds is 5. The molecule has 0 aromatic heterocycles. The minimum absolute atomic E-state index is 0.157. The van der Waals surface area contributed by atoms with Gasteiger partial charge in [0, 0.05) is 4.87 Å². The topological polar surface area (TPSA) is 26.0 Å². The highest BCUT2D eigenvalue weighted by Crippen LogP contribution is 2.28. The van der Waals surface area contributed by atoms with E-state index >= 15 is 0 Å². The van der Waals surface area contributed by atoms with Crippen molar-refractivity contribution >= 4 is 11.6 Å². The standard InChI is InChI=1S/C12H18ClN/c1-2-12(13,8-9-14)10-11-6-4-3-5-7-11/h3-7H,2,8-10,14H2,1H3. The smallest absolute Gasteiger partial charge is 0.0496 e. The maximum Gasteiger partial charge on any atom is 0.0496 e. The molecule has 1 rings (SSSR count). The van der Waals surface area contributed by atoms with Gasteiger partial charge >= 0.3 is 0 Å². The number of nitrogens with two attached hydrogens (primary N) is 1. The summed E-state index contributed by atoms with van der Waals surface area (Å²) in [7, 11) is 0. The average Bonchev–Trinajstić information content (AvgIpc) is 2.20. The van der Waals surface area contributed by atoms with Crippen molar-refractivity contribution in [2.45, 2.75) is 31.1 Å². The predicted molar refractivity (Wildman–Crippen MR) is 62.7 cm³/mol.